The smallest absolute Gasteiger partial charge is 0.176 e. The molecule has 0 spiro atoms. The predicted molar refractivity (Wildman–Crippen MR) is 72.5 cm³/mol. The van der Waals surface area contributed by atoms with Gasteiger partial charge in [-0.1, -0.05) is 48.5 Å². The first-order valence-corrected chi connectivity index (χ1v) is 5.20. The second kappa shape index (κ2) is 6.18. The minimum atomic E-state index is -0.0298. The zero-order valence-electron chi connectivity index (χ0n) is 9.30. The third kappa shape index (κ3) is 3.16. The van der Waals surface area contributed by atoms with Crippen molar-refractivity contribution in [1.29, 1.82) is 0 Å². The fourth-order valence-electron chi connectivity index (χ4n) is 1.62. The lowest BCUT2D eigenvalue weighted by Gasteiger charge is -2.03. The Morgan fingerprint density at radius 3 is 2.24 bits per heavy atom. The number of carbonyl (C=O) groups excluding carboxylic acids is 1. The lowest BCUT2D eigenvalue weighted by atomic mass is 10.0. The Kier molecular flexibility index (Phi) is 4.88. The maximum absolute atomic E-state index is 11.5. The SMILES string of the molecule is Cl.NCC(=O)c1cccc(-c2ccccc2)c1. The Labute approximate surface area is 107 Å². The van der Waals surface area contributed by atoms with Crippen LogP contribution in [0, 0.1) is 0 Å². The third-order valence-electron chi connectivity index (χ3n) is 2.48. The molecule has 0 unspecified atom stereocenters. The summed E-state index contributed by atoms with van der Waals surface area (Å²) in [4.78, 5) is 11.5. The number of rotatable bonds is 3. The van der Waals surface area contributed by atoms with Gasteiger partial charge in [-0.25, -0.2) is 0 Å². The van der Waals surface area contributed by atoms with Gasteiger partial charge in [0.2, 0.25) is 0 Å². The van der Waals surface area contributed by atoms with Gasteiger partial charge in [0.25, 0.3) is 0 Å². The number of hydrogen-bond acceptors (Lipinski definition) is 2. The highest BCUT2D eigenvalue weighted by molar-refractivity contribution is 5.98. The van der Waals surface area contributed by atoms with Crippen LogP contribution >= 0.6 is 12.4 Å². The first-order valence-electron chi connectivity index (χ1n) is 5.20. The lowest BCUT2D eigenvalue weighted by Crippen LogP contribution is -2.13. The summed E-state index contributed by atoms with van der Waals surface area (Å²) in [6.07, 6.45) is 0. The molecule has 0 amide bonds. The van der Waals surface area contributed by atoms with Crippen LogP contribution in [0.2, 0.25) is 0 Å². The Balaban J connectivity index is 0.00000144. The number of ketones is 1. The van der Waals surface area contributed by atoms with Crippen molar-refractivity contribution in [2.24, 2.45) is 5.73 Å². The van der Waals surface area contributed by atoms with Gasteiger partial charge in [0.15, 0.2) is 5.78 Å². The maximum Gasteiger partial charge on any atom is 0.176 e. The average molecular weight is 248 g/mol. The fourth-order valence-corrected chi connectivity index (χ4v) is 1.62. The Bertz CT molecular complexity index is 497. The molecule has 0 saturated heterocycles. The Morgan fingerprint density at radius 1 is 0.941 bits per heavy atom. The summed E-state index contributed by atoms with van der Waals surface area (Å²) in [6.45, 7) is 0.0538. The summed E-state index contributed by atoms with van der Waals surface area (Å²) in [6, 6.07) is 17.5. The Hall–Kier alpha value is -1.64. The van der Waals surface area contributed by atoms with Crippen molar-refractivity contribution >= 4 is 18.2 Å². The van der Waals surface area contributed by atoms with Crippen molar-refractivity contribution < 1.29 is 4.79 Å². The lowest BCUT2D eigenvalue weighted by molar-refractivity contribution is 0.100. The molecule has 0 atom stereocenters. The van der Waals surface area contributed by atoms with Gasteiger partial charge in [0.05, 0.1) is 6.54 Å². The number of Topliss-reactive ketones (excluding diaryl/α,β-unsaturated/α-hetero) is 1. The predicted octanol–water partition coefficient (Wildman–Crippen LogP) is 2.92. The van der Waals surface area contributed by atoms with Gasteiger partial charge in [-0.2, -0.15) is 0 Å². The topological polar surface area (TPSA) is 43.1 Å². The second-order valence-corrected chi connectivity index (χ2v) is 3.57. The average Bonchev–Trinajstić information content (AvgIpc) is 2.39. The fraction of sp³-hybridized carbons (Fsp3) is 0.0714. The van der Waals surface area contributed by atoms with E-state index in [4.69, 9.17) is 5.73 Å². The van der Waals surface area contributed by atoms with E-state index in [0.29, 0.717) is 5.56 Å². The van der Waals surface area contributed by atoms with Crippen molar-refractivity contribution in [2.45, 2.75) is 0 Å². The Morgan fingerprint density at radius 2 is 1.59 bits per heavy atom. The highest BCUT2D eigenvalue weighted by Crippen LogP contribution is 2.19. The molecule has 3 heteroatoms. The van der Waals surface area contributed by atoms with Crippen LogP contribution in [0.15, 0.2) is 54.6 Å². The van der Waals surface area contributed by atoms with Gasteiger partial charge >= 0.3 is 0 Å². The molecule has 2 aromatic rings. The van der Waals surface area contributed by atoms with E-state index in [-0.39, 0.29) is 24.7 Å². The van der Waals surface area contributed by atoms with E-state index >= 15 is 0 Å². The van der Waals surface area contributed by atoms with Crippen LogP contribution in [0.4, 0.5) is 0 Å². The van der Waals surface area contributed by atoms with Crippen LogP contribution in [0.25, 0.3) is 11.1 Å². The molecule has 2 rings (SSSR count). The van der Waals surface area contributed by atoms with Crippen LogP contribution in [0.1, 0.15) is 10.4 Å². The van der Waals surface area contributed by atoms with E-state index in [1.54, 1.807) is 6.07 Å². The molecule has 2 nitrogen and oxygen atoms in total. The van der Waals surface area contributed by atoms with Crippen molar-refractivity contribution in [3.05, 3.63) is 60.2 Å². The molecule has 0 aliphatic carbocycles. The minimum absolute atomic E-state index is 0. The molecular formula is C14H14ClNO. The van der Waals surface area contributed by atoms with E-state index in [9.17, 15) is 4.79 Å². The molecule has 0 bridgehead atoms. The first-order chi connectivity index (χ1) is 7.81. The standard InChI is InChI=1S/C14H13NO.ClH/c15-10-14(16)13-8-4-7-12(9-13)11-5-2-1-3-6-11;/h1-9H,10,15H2;1H. The van der Waals surface area contributed by atoms with Crippen molar-refractivity contribution in [1.82, 2.24) is 0 Å². The summed E-state index contributed by atoms with van der Waals surface area (Å²) in [5.41, 5.74) is 8.16. The van der Waals surface area contributed by atoms with E-state index < -0.39 is 0 Å². The third-order valence-corrected chi connectivity index (χ3v) is 2.48. The van der Waals surface area contributed by atoms with Crippen LogP contribution < -0.4 is 5.73 Å². The molecule has 0 aliphatic heterocycles. The molecule has 0 aromatic heterocycles. The van der Waals surface area contributed by atoms with Crippen LogP contribution in [-0.2, 0) is 0 Å². The normalized spacial score (nSPS) is 9.47. The molecule has 2 N–H and O–H groups in total. The van der Waals surface area contributed by atoms with E-state index in [0.717, 1.165) is 11.1 Å². The van der Waals surface area contributed by atoms with Gasteiger partial charge in [0.1, 0.15) is 0 Å². The van der Waals surface area contributed by atoms with Crippen molar-refractivity contribution in [3.8, 4) is 11.1 Å². The highest BCUT2D eigenvalue weighted by atomic mass is 35.5. The van der Waals surface area contributed by atoms with Gasteiger partial charge in [-0.3, -0.25) is 4.79 Å². The molecule has 17 heavy (non-hydrogen) atoms. The molecular weight excluding hydrogens is 234 g/mol. The number of halogens is 1. The zero-order valence-corrected chi connectivity index (χ0v) is 10.1. The van der Waals surface area contributed by atoms with Crippen LogP contribution in [0.5, 0.6) is 0 Å². The zero-order chi connectivity index (χ0) is 11.4. The quantitative estimate of drug-likeness (QED) is 0.848. The van der Waals surface area contributed by atoms with Gasteiger partial charge in [-0.15, -0.1) is 12.4 Å². The number of nitrogens with two attached hydrogens (primary N) is 1. The second-order valence-electron chi connectivity index (χ2n) is 3.57. The maximum atomic E-state index is 11.5. The summed E-state index contributed by atoms with van der Waals surface area (Å²) >= 11 is 0. The van der Waals surface area contributed by atoms with Gasteiger partial charge in [-0.05, 0) is 17.2 Å². The van der Waals surface area contributed by atoms with Crippen molar-refractivity contribution in [2.75, 3.05) is 6.54 Å². The van der Waals surface area contributed by atoms with E-state index in [1.165, 1.54) is 0 Å². The largest absolute Gasteiger partial charge is 0.324 e. The number of benzene rings is 2. The van der Waals surface area contributed by atoms with E-state index in [1.807, 2.05) is 48.5 Å². The molecule has 2 aromatic carbocycles. The summed E-state index contributed by atoms with van der Waals surface area (Å²) in [7, 11) is 0. The molecule has 88 valence electrons. The monoisotopic (exact) mass is 247 g/mol. The molecule has 0 fully saturated rings. The minimum Gasteiger partial charge on any atom is -0.324 e. The van der Waals surface area contributed by atoms with Crippen LogP contribution in [0.3, 0.4) is 0 Å². The molecule has 0 aliphatic rings. The molecule has 0 heterocycles. The summed E-state index contributed by atoms with van der Waals surface area (Å²) < 4.78 is 0. The first kappa shape index (κ1) is 13.4. The van der Waals surface area contributed by atoms with Crippen molar-refractivity contribution in [3.63, 3.8) is 0 Å². The van der Waals surface area contributed by atoms with Crippen LogP contribution in [-0.4, -0.2) is 12.3 Å². The molecule has 0 saturated carbocycles. The van der Waals surface area contributed by atoms with E-state index in [2.05, 4.69) is 0 Å². The highest BCUT2D eigenvalue weighted by Gasteiger charge is 2.04. The molecule has 0 radical (unpaired) electrons. The summed E-state index contributed by atoms with van der Waals surface area (Å²) in [5, 5.41) is 0. The van der Waals surface area contributed by atoms with Gasteiger partial charge in [0, 0.05) is 5.56 Å². The summed E-state index contributed by atoms with van der Waals surface area (Å²) in [5.74, 6) is -0.0298. The number of carbonyl (C=O) groups is 1. The number of hydrogen-bond donors (Lipinski definition) is 1. The van der Waals surface area contributed by atoms with Gasteiger partial charge < -0.3 is 5.73 Å².